The fourth-order valence-corrected chi connectivity index (χ4v) is 2.64. The SMILES string of the molecule is CCOc1ccc(-c2noc(CCC(=O)NCCOc3ccc(C)cc3)n2)cc1. The van der Waals surface area contributed by atoms with Gasteiger partial charge in [0.05, 0.1) is 13.2 Å². The van der Waals surface area contributed by atoms with Gasteiger partial charge in [0.15, 0.2) is 0 Å². The minimum atomic E-state index is -0.0849. The number of carbonyl (C=O) groups is 1. The lowest BCUT2D eigenvalue weighted by atomic mass is 10.2. The first-order valence-electron chi connectivity index (χ1n) is 9.66. The fourth-order valence-electron chi connectivity index (χ4n) is 2.64. The smallest absolute Gasteiger partial charge is 0.227 e. The van der Waals surface area contributed by atoms with E-state index in [2.05, 4.69) is 15.5 Å². The first-order valence-corrected chi connectivity index (χ1v) is 9.66. The quantitative estimate of drug-likeness (QED) is 0.528. The third-order valence-corrected chi connectivity index (χ3v) is 4.17. The number of hydrogen-bond donors (Lipinski definition) is 1. The Kier molecular flexibility index (Phi) is 7.22. The van der Waals surface area contributed by atoms with Crippen molar-refractivity contribution in [3.05, 3.63) is 60.0 Å². The molecular weight excluding hydrogens is 370 g/mol. The molecule has 0 saturated carbocycles. The van der Waals surface area contributed by atoms with Crippen LogP contribution in [0, 0.1) is 6.92 Å². The Morgan fingerprint density at radius 2 is 1.72 bits per heavy atom. The molecule has 1 N–H and O–H groups in total. The molecule has 0 aliphatic rings. The van der Waals surface area contributed by atoms with Gasteiger partial charge in [-0.2, -0.15) is 4.98 Å². The number of nitrogens with zero attached hydrogens (tertiary/aromatic N) is 2. The maximum absolute atomic E-state index is 12.0. The molecule has 2 aromatic carbocycles. The lowest BCUT2D eigenvalue weighted by molar-refractivity contribution is -0.121. The van der Waals surface area contributed by atoms with E-state index in [-0.39, 0.29) is 12.3 Å². The number of aromatic nitrogens is 2. The molecule has 0 atom stereocenters. The van der Waals surface area contributed by atoms with Crippen LogP contribution in [0.5, 0.6) is 11.5 Å². The molecule has 29 heavy (non-hydrogen) atoms. The van der Waals surface area contributed by atoms with Crippen molar-refractivity contribution in [2.75, 3.05) is 19.8 Å². The molecule has 0 spiro atoms. The van der Waals surface area contributed by atoms with Gasteiger partial charge in [-0.15, -0.1) is 0 Å². The summed E-state index contributed by atoms with van der Waals surface area (Å²) >= 11 is 0. The van der Waals surface area contributed by atoms with Crippen molar-refractivity contribution >= 4 is 5.91 Å². The third kappa shape index (κ3) is 6.34. The minimum Gasteiger partial charge on any atom is -0.494 e. The van der Waals surface area contributed by atoms with Gasteiger partial charge in [0, 0.05) is 18.4 Å². The van der Waals surface area contributed by atoms with Crippen molar-refractivity contribution in [3.63, 3.8) is 0 Å². The molecular formula is C22H25N3O4. The van der Waals surface area contributed by atoms with E-state index in [9.17, 15) is 4.79 Å². The Labute approximate surface area is 170 Å². The van der Waals surface area contributed by atoms with Gasteiger partial charge >= 0.3 is 0 Å². The summed E-state index contributed by atoms with van der Waals surface area (Å²) < 4.78 is 16.2. The van der Waals surface area contributed by atoms with Gasteiger partial charge in [0.25, 0.3) is 0 Å². The van der Waals surface area contributed by atoms with Crippen LogP contribution in [0.4, 0.5) is 0 Å². The summed E-state index contributed by atoms with van der Waals surface area (Å²) in [5.41, 5.74) is 2.01. The molecule has 0 bridgehead atoms. The molecule has 0 radical (unpaired) electrons. The average Bonchev–Trinajstić information content (AvgIpc) is 3.21. The molecule has 3 aromatic rings. The van der Waals surface area contributed by atoms with Gasteiger partial charge < -0.3 is 19.3 Å². The van der Waals surface area contributed by atoms with Crippen LogP contribution in [0.25, 0.3) is 11.4 Å². The third-order valence-electron chi connectivity index (χ3n) is 4.17. The normalized spacial score (nSPS) is 10.6. The maximum atomic E-state index is 12.0. The molecule has 7 heteroatoms. The topological polar surface area (TPSA) is 86.5 Å². The van der Waals surface area contributed by atoms with E-state index in [1.807, 2.05) is 62.4 Å². The van der Waals surface area contributed by atoms with E-state index in [1.165, 1.54) is 5.56 Å². The largest absolute Gasteiger partial charge is 0.494 e. The Morgan fingerprint density at radius 1 is 1.03 bits per heavy atom. The van der Waals surface area contributed by atoms with Crippen molar-refractivity contribution in [2.24, 2.45) is 0 Å². The summed E-state index contributed by atoms with van der Waals surface area (Å²) in [5.74, 6) is 2.42. The summed E-state index contributed by atoms with van der Waals surface area (Å²) in [6.45, 7) is 5.43. The molecule has 0 saturated heterocycles. The van der Waals surface area contributed by atoms with E-state index < -0.39 is 0 Å². The van der Waals surface area contributed by atoms with Gasteiger partial charge in [-0.05, 0) is 50.2 Å². The summed E-state index contributed by atoms with van der Waals surface area (Å²) in [4.78, 5) is 16.3. The van der Waals surface area contributed by atoms with Gasteiger partial charge in [-0.1, -0.05) is 22.9 Å². The number of hydrogen-bond acceptors (Lipinski definition) is 6. The number of amides is 1. The van der Waals surface area contributed by atoms with Gasteiger partial charge in [0.2, 0.25) is 17.6 Å². The highest BCUT2D eigenvalue weighted by Crippen LogP contribution is 2.20. The molecule has 0 aliphatic heterocycles. The predicted molar refractivity (Wildman–Crippen MR) is 109 cm³/mol. The molecule has 1 amide bonds. The monoisotopic (exact) mass is 395 g/mol. The van der Waals surface area contributed by atoms with E-state index in [1.54, 1.807) is 0 Å². The zero-order chi connectivity index (χ0) is 20.5. The van der Waals surface area contributed by atoms with E-state index in [4.69, 9.17) is 14.0 Å². The van der Waals surface area contributed by atoms with Crippen LogP contribution in [-0.2, 0) is 11.2 Å². The molecule has 0 unspecified atom stereocenters. The second-order valence-corrected chi connectivity index (χ2v) is 6.48. The lowest BCUT2D eigenvalue weighted by Crippen LogP contribution is -2.28. The summed E-state index contributed by atoms with van der Waals surface area (Å²) in [6, 6.07) is 15.3. The second-order valence-electron chi connectivity index (χ2n) is 6.48. The Morgan fingerprint density at radius 3 is 2.45 bits per heavy atom. The highest BCUT2D eigenvalue weighted by molar-refractivity contribution is 5.76. The van der Waals surface area contributed by atoms with E-state index >= 15 is 0 Å². The Balaban J connectivity index is 1.38. The van der Waals surface area contributed by atoms with Crippen LogP contribution in [0.2, 0.25) is 0 Å². The Bertz CT molecular complexity index is 905. The standard InChI is InChI=1S/C22H25N3O4/c1-3-27-18-10-6-17(7-11-18)22-24-21(29-25-22)13-12-20(26)23-14-15-28-19-8-4-16(2)5-9-19/h4-11H,3,12-15H2,1-2H3,(H,23,26). The second kappa shape index (κ2) is 10.3. The number of benzene rings is 2. The highest BCUT2D eigenvalue weighted by Gasteiger charge is 2.11. The van der Waals surface area contributed by atoms with Crippen LogP contribution in [-0.4, -0.2) is 35.8 Å². The van der Waals surface area contributed by atoms with E-state index in [0.717, 1.165) is 17.1 Å². The first-order chi connectivity index (χ1) is 14.1. The van der Waals surface area contributed by atoms with Crippen LogP contribution >= 0.6 is 0 Å². The number of nitrogens with one attached hydrogen (secondary N) is 1. The fraction of sp³-hybridized carbons (Fsp3) is 0.318. The maximum Gasteiger partial charge on any atom is 0.227 e. The van der Waals surface area contributed by atoms with Crippen molar-refractivity contribution in [1.82, 2.24) is 15.5 Å². The van der Waals surface area contributed by atoms with Crippen LogP contribution in [0.3, 0.4) is 0 Å². The van der Waals surface area contributed by atoms with Crippen molar-refractivity contribution < 1.29 is 18.8 Å². The summed E-state index contributed by atoms with van der Waals surface area (Å²) in [6.07, 6.45) is 0.657. The molecule has 0 aliphatic carbocycles. The summed E-state index contributed by atoms with van der Waals surface area (Å²) in [7, 11) is 0. The molecule has 7 nitrogen and oxygen atoms in total. The summed E-state index contributed by atoms with van der Waals surface area (Å²) in [5, 5.41) is 6.80. The molecule has 152 valence electrons. The first kappa shape index (κ1) is 20.4. The van der Waals surface area contributed by atoms with Crippen molar-refractivity contribution in [3.8, 4) is 22.9 Å². The van der Waals surface area contributed by atoms with Crippen LogP contribution < -0.4 is 14.8 Å². The van der Waals surface area contributed by atoms with Crippen molar-refractivity contribution in [2.45, 2.75) is 26.7 Å². The average molecular weight is 395 g/mol. The number of ether oxygens (including phenoxy) is 2. The van der Waals surface area contributed by atoms with Crippen LogP contribution in [0.15, 0.2) is 53.1 Å². The van der Waals surface area contributed by atoms with E-state index in [0.29, 0.717) is 37.9 Å². The Hall–Kier alpha value is -3.35. The highest BCUT2D eigenvalue weighted by atomic mass is 16.5. The minimum absolute atomic E-state index is 0.0849. The number of carbonyl (C=O) groups excluding carboxylic acids is 1. The molecule has 0 fully saturated rings. The van der Waals surface area contributed by atoms with Gasteiger partial charge in [-0.3, -0.25) is 4.79 Å². The molecule has 3 rings (SSSR count). The number of rotatable bonds is 10. The lowest BCUT2D eigenvalue weighted by Gasteiger charge is -2.07. The predicted octanol–water partition coefficient (Wildman–Crippen LogP) is 3.57. The van der Waals surface area contributed by atoms with Crippen LogP contribution in [0.1, 0.15) is 24.8 Å². The molecule has 1 heterocycles. The number of aryl methyl sites for hydroxylation is 2. The van der Waals surface area contributed by atoms with Gasteiger partial charge in [-0.25, -0.2) is 0 Å². The van der Waals surface area contributed by atoms with Crippen molar-refractivity contribution in [1.29, 1.82) is 0 Å². The molecule has 1 aromatic heterocycles. The van der Waals surface area contributed by atoms with Gasteiger partial charge in [0.1, 0.15) is 18.1 Å². The zero-order valence-corrected chi connectivity index (χ0v) is 16.7. The zero-order valence-electron chi connectivity index (χ0n) is 16.7.